The number of nitrogens with zero attached hydrogens (tertiary/aromatic N) is 1. The van der Waals surface area contributed by atoms with Crippen LogP contribution in [0, 0.1) is 12.8 Å². The fraction of sp³-hybridized carbons (Fsp3) is 0.615. The molecule has 3 nitrogen and oxygen atoms in total. The third-order valence-corrected chi connectivity index (χ3v) is 4.56. The van der Waals surface area contributed by atoms with Crippen LogP contribution in [0.1, 0.15) is 27.9 Å². The molecule has 4 heteroatoms. The number of hydrogen-bond acceptors (Lipinski definition) is 3. The van der Waals surface area contributed by atoms with Crippen LogP contribution in [0.3, 0.4) is 0 Å². The van der Waals surface area contributed by atoms with E-state index in [1.807, 2.05) is 31.0 Å². The number of amides is 1. The molecule has 1 aromatic heterocycles. The molecule has 2 rings (SSSR count). The van der Waals surface area contributed by atoms with Crippen molar-refractivity contribution in [2.24, 2.45) is 5.92 Å². The molecular formula is C13H20N2OS. The second-order valence-electron chi connectivity index (χ2n) is 4.82. The van der Waals surface area contributed by atoms with Crippen molar-refractivity contribution in [3.8, 4) is 0 Å². The molecular weight excluding hydrogens is 232 g/mol. The van der Waals surface area contributed by atoms with Crippen LogP contribution in [-0.4, -0.2) is 37.0 Å². The normalized spacial score (nSPS) is 25.0. The highest BCUT2D eigenvalue weighted by Gasteiger charge is 2.28. The highest BCUT2D eigenvalue weighted by Crippen LogP contribution is 2.22. The van der Waals surface area contributed by atoms with E-state index in [4.69, 9.17) is 0 Å². The molecule has 1 aliphatic rings. The lowest BCUT2D eigenvalue weighted by Crippen LogP contribution is -2.50. The molecule has 0 bridgehead atoms. The lowest BCUT2D eigenvalue weighted by Gasteiger charge is -2.36. The van der Waals surface area contributed by atoms with E-state index in [9.17, 15) is 4.79 Å². The van der Waals surface area contributed by atoms with Crippen molar-refractivity contribution in [3.63, 3.8) is 0 Å². The number of nitrogens with one attached hydrogen (secondary N) is 1. The monoisotopic (exact) mass is 252 g/mol. The number of hydrogen-bond donors (Lipinski definition) is 1. The lowest BCUT2D eigenvalue weighted by molar-refractivity contribution is 0.0659. The maximum atomic E-state index is 12.3. The first-order chi connectivity index (χ1) is 8.11. The smallest absolute Gasteiger partial charge is 0.263 e. The van der Waals surface area contributed by atoms with Gasteiger partial charge in [0, 0.05) is 24.0 Å². The minimum atomic E-state index is 0.190. The quantitative estimate of drug-likeness (QED) is 0.874. The van der Waals surface area contributed by atoms with Crippen molar-refractivity contribution >= 4 is 17.2 Å². The van der Waals surface area contributed by atoms with Crippen LogP contribution in [0.25, 0.3) is 0 Å². The number of carbonyl (C=O) groups is 1. The summed E-state index contributed by atoms with van der Waals surface area (Å²) in [5.74, 6) is 0.837. The largest absolute Gasteiger partial charge is 0.336 e. The number of likely N-dealkylation sites (tertiary alicyclic amines) is 1. The Labute approximate surface area is 107 Å². The van der Waals surface area contributed by atoms with Gasteiger partial charge in [-0.15, -0.1) is 11.3 Å². The standard InChI is InChI=1S/C13H20N2OS/c1-9-6-7-15(8-11(9)14-3)13(16)12-5-4-10(2)17-12/h4-5,9,11,14H,6-8H2,1-3H3. The van der Waals surface area contributed by atoms with E-state index in [0.29, 0.717) is 12.0 Å². The lowest BCUT2D eigenvalue weighted by atomic mass is 9.93. The predicted molar refractivity (Wildman–Crippen MR) is 71.6 cm³/mol. The summed E-state index contributed by atoms with van der Waals surface area (Å²) >= 11 is 1.59. The summed E-state index contributed by atoms with van der Waals surface area (Å²) in [6.45, 7) is 6.00. The number of likely N-dealkylation sites (N-methyl/N-ethyl adjacent to an activating group) is 1. The molecule has 1 fully saturated rings. The van der Waals surface area contributed by atoms with Gasteiger partial charge in [-0.25, -0.2) is 0 Å². The first-order valence-electron chi connectivity index (χ1n) is 6.14. The first kappa shape index (κ1) is 12.6. The van der Waals surface area contributed by atoms with Gasteiger partial charge in [-0.3, -0.25) is 4.79 Å². The molecule has 2 heterocycles. The minimum Gasteiger partial charge on any atom is -0.336 e. The van der Waals surface area contributed by atoms with Crippen LogP contribution in [0.2, 0.25) is 0 Å². The second kappa shape index (κ2) is 5.19. The average molecular weight is 252 g/mol. The van der Waals surface area contributed by atoms with Gasteiger partial charge >= 0.3 is 0 Å². The van der Waals surface area contributed by atoms with Gasteiger partial charge in [-0.2, -0.15) is 0 Å². The van der Waals surface area contributed by atoms with E-state index in [2.05, 4.69) is 12.2 Å². The van der Waals surface area contributed by atoms with Crippen LogP contribution < -0.4 is 5.32 Å². The van der Waals surface area contributed by atoms with Gasteiger partial charge in [-0.1, -0.05) is 6.92 Å². The SMILES string of the molecule is CNC1CN(C(=O)c2ccc(C)s2)CCC1C. The molecule has 0 radical (unpaired) electrons. The molecule has 1 N–H and O–H groups in total. The van der Waals surface area contributed by atoms with Gasteiger partial charge < -0.3 is 10.2 Å². The number of piperidine rings is 1. The predicted octanol–water partition coefficient (Wildman–Crippen LogP) is 2.13. The van der Waals surface area contributed by atoms with Gasteiger partial charge in [0.05, 0.1) is 4.88 Å². The first-order valence-corrected chi connectivity index (χ1v) is 6.96. The summed E-state index contributed by atoms with van der Waals surface area (Å²) in [6, 6.07) is 4.38. The van der Waals surface area contributed by atoms with Crippen molar-refractivity contribution in [2.45, 2.75) is 26.3 Å². The Kier molecular flexibility index (Phi) is 3.84. The molecule has 0 aromatic carbocycles. The highest BCUT2D eigenvalue weighted by atomic mass is 32.1. The van der Waals surface area contributed by atoms with Gasteiger partial charge in [0.15, 0.2) is 0 Å². The van der Waals surface area contributed by atoms with Gasteiger partial charge in [0.2, 0.25) is 0 Å². The molecule has 0 aliphatic carbocycles. The fourth-order valence-electron chi connectivity index (χ4n) is 2.33. The number of carbonyl (C=O) groups excluding carboxylic acids is 1. The minimum absolute atomic E-state index is 0.190. The summed E-state index contributed by atoms with van der Waals surface area (Å²) in [7, 11) is 1.98. The van der Waals surface area contributed by atoms with Gasteiger partial charge in [0.25, 0.3) is 5.91 Å². The second-order valence-corrected chi connectivity index (χ2v) is 6.11. The van der Waals surface area contributed by atoms with Crippen molar-refractivity contribution in [3.05, 3.63) is 21.9 Å². The highest BCUT2D eigenvalue weighted by molar-refractivity contribution is 7.13. The molecule has 1 saturated heterocycles. The van der Waals surface area contributed by atoms with Crippen LogP contribution in [0.4, 0.5) is 0 Å². The molecule has 0 spiro atoms. The molecule has 2 atom stereocenters. The number of aryl methyl sites for hydroxylation is 1. The van der Waals surface area contributed by atoms with Gasteiger partial charge in [-0.05, 0) is 38.4 Å². The van der Waals surface area contributed by atoms with E-state index in [1.54, 1.807) is 11.3 Å². The Hall–Kier alpha value is -0.870. The van der Waals surface area contributed by atoms with E-state index in [1.165, 1.54) is 4.88 Å². The molecule has 94 valence electrons. The van der Waals surface area contributed by atoms with Crippen molar-refractivity contribution in [2.75, 3.05) is 20.1 Å². The third kappa shape index (κ3) is 2.69. The van der Waals surface area contributed by atoms with Crippen molar-refractivity contribution in [1.82, 2.24) is 10.2 Å². The van der Waals surface area contributed by atoms with E-state index < -0.39 is 0 Å². The fourth-order valence-corrected chi connectivity index (χ4v) is 3.17. The summed E-state index contributed by atoms with van der Waals surface area (Å²) in [6.07, 6.45) is 1.08. The Balaban J connectivity index is 2.05. The van der Waals surface area contributed by atoms with Crippen molar-refractivity contribution < 1.29 is 4.79 Å². The molecule has 0 saturated carbocycles. The van der Waals surface area contributed by atoms with Crippen LogP contribution in [0.15, 0.2) is 12.1 Å². The van der Waals surface area contributed by atoms with Crippen molar-refractivity contribution in [1.29, 1.82) is 0 Å². The summed E-state index contributed by atoms with van der Waals surface area (Å²) in [5, 5.41) is 3.30. The summed E-state index contributed by atoms with van der Waals surface area (Å²) in [4.78, 5) is 16.3. The maximum absolute atomic E-state index is 12.3. The molecule has 2 unspecified atom stereocenters. The van der Waals surface area contributed by atoms with Crippen LogP contribution in [0.5, 0.6) is 0 Å². The molecule has 1 aliphatic heterocycles. The Morgan fingerprint density at radius 2 is 2.29 bits per heavy atom. The number of thiophene rings is 1. The average Bonchev–Trinajstić information content (AvgIpc) is 2.75. The molecule has 17 heavy (non-hydrogen) atoms. The van der Waals surface area contributed by atoms with E-state index >= 15 is 0 Å². The molecule has 1 amide bonds. The zero-order valence-electron chi connectivity index (χ0n) is 10.7. The summed E-state index contributed by atoms with van der Waals surface area (Å²) < 4.78 is 0. The topological polar surface area (TPSA) is 32.3 Å². The van der Waals surface area contributed by atoms with E-state index in [0.717, 1.165) is 24.4 Å². The Bertz CT molecular complexity index is 402. The zero-order chi connectivity index (χ0) is 12.4. The summed E-state index contributed by atoms with van der Waals surface area (Å²) in [5.41, 5.74) is 0. The third-order valence-electron chi connectivity index (χ3n) is 3.57. The van der Waals surface area contributed by atoms with Crippen LogP contribution >= 0.6 is 11.3 Å². The Morgan fingerprint density at radius 3 is 2.88 bits per heavy atom. The number of rotatable bonds is 2. The van der Waals surface area contributed by atoms with E-state index in [-0.39, 0.29) is 5.91 Å². The van der Waals surface area contributed by atoms with Gasteiger partial charge in [0.1, 0.15) is 0 Å². The molecule has 1 aromatic rings. The zero-order valence-corrected chi connectivity index (χ0v) is 11.5. The Morgan fingerprint density at radius 1 is 1.53 bits per heavy atom. The maximum Gasteiger partial charge on any atom is 0.263 e. The van der Waals surface area contributed by atoms with Crippen LogP contribution in [-0.2, 0) is 0 Å².